The van der Waals surface area contributed by atoms with E-state index in [1.54, 1.807) is 6.20 Å². The van der Waals surface area contributed by atoms with Crippen LogP contribution in [0.25, 0.3) is 10.9 Å². The molecule has 0 saturated heterocycles. The monoisotopic (exact) mass is 172 g/mol. The number of nitrogens with zero attached hydrogens (tertiary/aromatic N) is 1. The Kier molecular flexibility index (Phi) is 1.69. The van der Waals surface area contributed by atoms with Gasteiger partial charge in [-0.25, -0.2) is 0 Å². The summed E-state index contributed by atoms with van der Waals surface area (Å²) in [6, 6.07) is 6.18. The van der Waals surface area contributed by atoms with Crippen LogP contribution in [-0.4, -0.2) is 4.98 Å². The SMILES string of the molecule is Cc1cc(C)c2cc(N)cnc2c1. The average molecular weight is 172 g/mol. The van der Waals surface area contributed by atoms with Crippen LogP contribution in [0.5, 0.6) is 0 Å². The Balaban J connectivity index is 2.87. The normalized spacial score (nSPS) is 10.6. The number of nitrogens with two attached hydrogens (primary N) is 1. The lowest BCUT2D eigenvalue weighted by molar-refractivity contribution is 1.36. The molecule has 0 aliphatic carbocycles. The molecule has 2 N–H and O–H groups in total. The molecule has 0 spiro atoms. The molecule has 2 rings (SSSR count). The fraction of sp³-hybridized carbons (Fsp3) is 0.182. The quantitative estimate of drug-likeness (QED) is 0.662. The number of pyridine rings is 1. The molecule has 1 aromatic heterocycles. The number of anilines is 1. The maximum Gasteiger partial charge on any atom is 0.0708 e. The van der Waals surface area contributed by atoms with Gasteiger partial charge in [0.15, 0.2) is 0 Å². The van der Waals surface area contributed by atoms with E-state index >= 15 is 0 Å². The number of benzene rings is 1. The van der Waals surface area contributed by atoms with Gasteiger partial charge in [0.2, 0.25) is 0 Å². The molecule has 0 unspecified atom stereocenters. The van der Waals surface area contributed by atoms with E-state index in [1.807, 2.05) is 6.07 Å². The van der Waals surface area contributed by atoms with Crippen molar-refractivity contribution in [3.63, 3.8) is 0 Å². The van der Waals surface area contributed by atoms with Gasteiger partial charge in [0.1, 0.15) is 0 Å². The predicted molar refractivity (Wildman–Crippen MR) is 55.6 cm³/mol. The summed E-state index contributed by atoms with van der Waals surface area (Å²) in [6.45, 7) is 4.15. The molecule has 2 nitrogen and oxygen atoms in total. The van der Waals surface area contributed by atoms with Gasteiger partial charge in [-0.1, -0.05) is 6.07 Å². The number of hydrogen-bond acceptors (Lipinski definition) is 2. The van der Waals surface area contributed by atoms with Crippen molar-refractivity contribution in [3.05, 3.63) is 35.5 Å². The molecule has 13 heavy (non-hydrogen) atoms. The Morgan fingerprint density at radius 3 is 2.69 bits per heavy atom. The van der Waals surface area contributed by atoms with Crippen molar-refractivity contribution in [2.24, 2.45) is 0 Å². The van der Waals surface area contributed by atoms with Crippen LogP contribution in [0.4, 0.5) is 5.69 Å². The molecule has 0 fully saturated rings. The smallest absolute Gasteiger partial charge is 0.0708 e. The first-order valence-corrected chi connectivity index (χ1v) is 4.29. The van der Waals surface area contributed by atoms with Crippen LogP contribution in [0.3, 0.4) is 0 Å². The summed E-state index contributed by atoms with van der Waals surface area (Å²) in [6.07, 6.45) is 1.70. The lowest BCUT2D eigenvalue weighted by atomic mass is 10.1. The fourth-order valence-corrected chi connectivity index (χ4v) is 1.60. The third-order valence-electron chi connectivity index (χ3n) is 2.17. The second kappa shape index (κ2) is 2.73. The Morgan fingerprint density at radius 2 is 1.92 bits per heavy atom. The number of hydrogen-bond donors (Lipinski definition) is 1. The number of aryl methyl sites for hydroxylation is 2. The lowest BCUT2D eigenvalue weighted by Crippen LogP contribution is -1.89. The first kappa shape index (κ1) is 8.05. The van der Waals surface area contributed by atoms with Crippen molar-refractivity contribution in [2.75, 3.05) is 5.73 Å². The first-order valence-electron chi connectivity index (χ1n) is 4.29. The number of fused-ring (bicyclic) bond motifs is 1. The Hall–Kier alpha value is -1.57. The molecule has 0 aliphatic heterocycles. The summed E-state index contributed by atoms with van der Waals surface area (Å²) in [4.78, 5) is 4.28. The summed E-state index contributed by atoms with van der Waals surface area (Å²) in [5, 5.41) is 1.14. The highest BCUT2D eigenvalue weighted by Crippen LogP contribution is 2.20. The van der Waals surface area contributed by atoms with Gasteiger partial charge in [-0.3, -0.25) is 4.98 Å². The highest BCUT2D eigenvalue weighted by molar-refractivity contribution is 5.85. The third kappa shape index (κ3) is 1.35. The van der Waals surface area contributed by atoms with E-state index in [1.165, 1.54) is 11.1 Å². The summed E-state index contributed by atoms with van der Waals surface area (Å²) in [7, 11) is 0. The number of nitrogen functional groups attached to an aromatic ring is 1. The van der Waals surface area contributed by atoms with Gasteiger partial charge in [0, 0.05) is 5.39 Å². The number of rotatable bonds is 0. The van der Waals surface area contributed by atoms with Gasteiger partial charge in [0.05, 0.1) is 17.4 Å². The third-order valence-corrected chi connectivity index (χ3v) is 2.17. The summed E-state index contributed by atoms with van der Waals surface area (Å²) < 4.78 is 0. The van der Waals surface area contributed by atoms with Crippen molar-refractivity contribution in [1.29, 1.82) is 0 Å². The van der Waals surface area contributed by atoms with E-state index in [4.69, 9.17) is 5.73 Å². The minimum Gasteiger partial charge on any atom is -0.397 e. The van der Waals surface area contributed by atoms with Gasteiger partial charge >= 0.3 is 0 Å². The summed E-state index contributed by atoms with van der Waals surface area (Å²) in [5.41, 5.74) is 9.88. The van der Waals surface area contributed by atoms with Crippen LogP contribution in [0, 0.1) is 13.8 Å². The van der Waals surface area contributed by atoms with Gasteiger partial charge in [-0.2, -0.15) is 0 Å². The van der Waals surface area contributed by atoms with Crippen molar-refractivity contribution < 1.29 is 0 Å². The highest BCUT2D eigenvalue weighted by atomic mass is 14.7. The predicted octanol–water partition coefficient (Wildman–Crippen LogP) is 2.43. The van der Waals surface area contributed by atoms with Gasteiger partial charge in [-0.15, -0.1) is 0 Å². The minimum absolute atomic E-state index is 0.722. The number of aromatic nitrogens is 1. The van der Waals surface area contributed by atoms with Crippen LogP contribution in [0.1, 0.15) is 11.1 Å². The highest BCUT2D eigenvalue weighted by Gasteiger charge is 1.99. The molecule has 2 aromatic rings. The molecule has 0 saturated carbocycles. The molecule has 0 atom stereocenters. The van der Waals surface area contributed by atoms with Crippen LogP contribution in [-0.2, 0) is 0 Å². The van der Waals surface area contributed by atoms with Crippen LogP contribution in [0.2, 0.25) is 0 Å². The summed E-state index contributed by atoms with van der Waals surface area (Å²) >= 11 is 0. The molecule has 1 heterocycles. The lowest BCUT2D eigenvalue weighted by Gasteiger charge is -2.03. The van der Waals surface area contributed by atoms with Crippen molar-refractivity contribution >= 4 is 16.6 Å². The Bertz CT molecular complexity index is 461. The largest absolute Gasteiger partial charge is 0.397 e. The molecule has 0 amide bonds. The van der Waals surface area contributed by atoms with Crippen molar-refractivity contribution in [1.82, 2.24) is 4.98 Å². The van der Waals surface area contributed by atoms with E-state index in [9.17, 15) is 0 Å². The van der Waals surface area contributed by atoms with E-state index in [-0.39, 0.29) is 0 Å². The molecule has 0 radical (unpaired) electrons. The minimum atomic E-state index is 0.722. The van der Waals surface area contributed by atoms with Crippen LogP contribution in [0.15, 0.2) is 24.4 Å². The van der Waals surface area contributed by atoms with E-state index in [2.05, 4.69) is 31.0 Å². The Morgan fingerprint density at radius 1 is 1.15 bits per heavy atom. The first-order chi connectivity index (χ1) is 6.16. The van der Waals surface area contributed by atoms with Gasteiger partial charge < -0.3 is 5.73 Å². The van der Waals surface area contributed by atoms with Gasteiger partial charge in [-0.05, 0) is 37.1 Å². The molecular formula is C11H12N2. The van der Waals surface area contributed by atoms with Crippen LogP contribution < -0.4 is 5.73 Å². The van der Waals surface area contributed by atoms with Crippen molar-refractivity contribution in [3.8, 4) is 0 Å². The molecule has 66 valence electrons. The molecule has 0 aliphatic rings. The topological polar surface area (TPSA) is 38.9 Å². The average Bonchev–Trinajstić information content (AvgIpc) is 2.06. The molecule has 2 heteroatoms. The van der Waals surface area contributed by atoms with Crippen LogP contribution >= 0.6 is 0 Å². The second-order valence-electron chi connectivity index (χ2n) is 3.42. The molecule has 0 bridgehead atoms. The standard InChI is InChI=1S/C11H12N2/c1-7-3-8(2)10-5-9(12)6-13-11(10)4-7/h3-6H,12H2,1-2H3. The maximum absolute atomic E-state index is 5.67. The second-order valence-corrected chi connectivity index (χ2v) is 3.42. The molecule has 1 aromatic carbocycles. The van der Waals surface area contributed by atoms with E-state index in [0.29, 0.717) is 0 Å². The zero-order chi connectivity index (χ0) is 9.42. The van der Waals surface area contributed by atoms with Crippen molar-refractivity contribution in [2.45, 2.75) is 13.8 Å². The zero-order valence-corrected chi connectivity index (χ0v) is 7.83. The molecular weight excluding hydrogens is 160 g/mol. The zero-order valence-electron chi connectivity index (χ0n) is 7.83. The maximum atomic E-state index is 5.67. The van der Waals surface area contributed by atoms with E-state index < -0.39 is 0 Å². The van der Waals surface area contributed by atoms with Gasteiger partial charge in [0.25, 0.3) is 0 Å². The van der Waals surface area contributed by atoms with E-state index in [0.717, 1.165) is 16.6 Å². The Labute approximate surface area is 77.4 Å². The fourth-order valence-electron chi connectivity index (χ4n) is 1.60. The summed E-state index contributed by atoms with van der Waals surface area (Å²) in [5.74, 6) is 0.